The predicted molar refractivity (Wildman–Crippen MR) is 79.1 cm³/mol. The maximum atomic E-state index is 12.7. The number of carboxylic acid groups (broad SMARTS) is 1. The lowest BCUT2D eigenvalue weighted by Gasteiger charge is -2.30. The van der Waals surface area contributed by atoms with Crippen LogP contribution in [0.25, 0.3) is 10.9 Å². The van der Waals surface area contributed by atoms with E-state index in [2.05, 4.69) is 10.2 Å². The number of rotatable bonds is 3. The molecule has 2 aromatic rings. The molecule has 2 N–H and O–H groups in total. The average Bonchev–Trinajstić information content (AvgIpc) is 3.10. The van der Waals surface area contributed by atoms with Gasteiger partial charge in [-0.15, -0.1) is 0 Å². The van der Waals surface area contributed by atoms with Crippen LogP contribution in [0.15, 0.2) is 18.2 Å². The normalized spacial score (nSPS) is 20.8. The summed E-state index contributed by atoms with van der Waals surface area (Å²) in [5.74, 6) is -1.62. The van der Waals surface area contributed by atoms with Gasteiger partial charge in [0.25, 0.3) is 11.6 Å². The van der Waals surface area contributed by atoms with Crippen LogP contribution in [0.3, 0.4) is 0 Å². The van der Waals surface area contributed by atoms with E-state index in [-0.39, 0.29) is 11.4 Å². The number of benzene rings is 1. The number of fused-ring (bicyclic) bond motifs is 1. The number of H-pyrrole nitrogens is 1. The fraction of sp³-hybridized carbons (Fsp3) is 0.357. The van der Waals surface area contributed by atoms with Crippen molar-refractivity contribution in [2.24, 2.45) is 0 Å². The van der Waals surface area contributed by atoms with E-state index in [4.69, 9.17) is 0 Å². The molecule has 1 aliphatic rings. The van der Waals surface area contributed by atoms with Gasteiger partial charge in [-0.2, -0.15) is 5.10 Å². The number of amides is 1. The van der Waals surface area contributed by atoms with Crippen molar-refractivity contribution in [1.82, 2.24) is 15.1 Å². The van der Waals surface area contributed by atoms with Gasteiger partial charge in [0.2, 0.25) is 0 Å². The minimum absolute atomic E-state index is 0.00178. The monoisotopic (exact) mass is 318 g/mol. The molecular weight excluding hydrogens is 304 g/mol. The number of carbonyl (C=O) groups excluding carboxylic acids is 1. The zero-order valence-corrected chi connectivity index (χ0v) is 12.3. The molecular formula is C14H14N4O5. The van der Waals surface area contributed by atoms with E-state index in [0.717, 1.165) is 0 Å². The molecule has 1 saturated heterocycles. The molecule has 9 heteroatoms. The number of carbonyl (C=O) groups is 2. The quantitative estimate of drug-likeness (QED) is 0.652. The van der Waals surface area contributed by atoms with Crippen LogP contribution in [-0.4, -0.2) is 49.1 Å². The van der Waals surface area contributed by atoms with Gasteiger partial charge in [0.15, 0.2) is 5.69 Å². The van der Waals surface area contributed by atoms with Crippen LogP contribution < -0.4 is 0 Å². The Morgan fingerprint density at radius 3 is 2.87 bits per heavy atom. The summed E-state index contributed by atoms with van der Waals surface area (Å²) in [7, 11) is 0. The first kappa shape index (κ1) is 14.9. The molecule has 0 radical (unpaired) electrons. The summed E-state index contributed by atoms with van der Waals surface area (Å²) in [4.78, 5) is 35.8. The fourth-order valence-electron chi connectivity index (χ4n) is 2.92. The number of carboxylic acids is 1. The number of hydrogen-bond acceptors (Lipinski definition) is 5. The molecule has 1 fully saturated rings. The SMILES string of the molecule is CC1(C(=O)O)CCCN1C(=O)c1n[nH]c2ccc([N+](=O)[O-])cc12. The first-order valence-electron chi connectivity index (χ1n) is 7.02. The third-order valence-corrected chi connectivity index (χ3v) is 4.31. The minimum Gasteiger partial charge on any atom is -0.480 e. The average molecular weight is 318 g/mol. The Morgan fingerprint density at radius 1 is 1.48 bits per heavy atom. The molecule has 1 atom stereocenters. The van der Waals surface area contributed by atoms with Crippen LogP contribution >= 0.6 is 0 Å². The summed E-state index contributed by atoms with van der Waals surface area (Å²) in [6.45, 7) is 1.81. The van der Waals surface area contributed by atoms with Crippen molar-refractivity contribution >= 4 is 28.5 Å². The molecule has 1 aromatic carbocycles. The Kier molecular flexibility index (Phi) is 3.28. The Bertz CT molecular complexity index is 830. The lowest BCUT2D eigenvalue weighted by molar-refractivity contribution is -0.384. The number of nitro groups is 1. The minimum atomic E-state index is -1.29. The predicted octanol–water partition coefficient (Wildman–Crippen LogP) is 1.55. The summed E-state index contributed by atoms with van der Waals surface area (Å²) in [6.07, 6.45) is 0.938. The lowest BCUT2D eigenvalue weighted by Crippen LogP contribution is -2.50. The molecule has 0 saturated carbocycles. The highest BCUT2D eigenvalue weighted by Crippen LogP contribution is 2.32. The van der Waals surface area contributed by atoms with Crippen LogP contribution in [0.2, 0.25) is 0 Å². The molecule has 1 unspecified atom stereocenters. The number of aromatic nitrogens is 2. The van der Waals surface area contributed by atoms with Crippen molar-refractivity contribution in [3.63, 3.8) is 0 Å². The largest absolute Gasteiger partial charge is 0.480 e. The van der Waals surface area contributed by atoms with Gasteiger partial charge in [-0.25, -0.2) is 4.79 Å². The van der Waals surface area contributed by atoms with E-state index in [9.17, 15) is 24.8 Å². The number of nitrogens with zero attached hydrogens (tertiary/aromatic N) is 3. The van der Waals surface area contributed by atoms with Gasteiger partial charge in [-0.05, 0) is 25.8 Å². The molecule has 0 bridgehead atoms. The van der Waals surface area contributed by atoms with Crippen molar-refractivity contribution in [2.75, 3.05) is 6.54 Å². The third kappa shape index (κ3) is 2.20. The number of nitro benzene ring substituents is 1. The smallest absolute Gasteiger partial charge is 0.329 e. The van der Waals surface area contributed by atoms with Gasteiger partial charge < -0.3 is 10.0 Å². The van der Waals surface area contributed by atoms with Crippen LogP contribution in [0.5, 0.6) is 0 Å². The van der Waals surface area contributed by atoms with Gasteiger partial charge in [-0.3, -0.25) is 20.0 Å². The first-order chi connectivity index (χ1) is 10.8. The molecule has 1 aromatic heterocycles. The Balaban J connectivity index is 2.06. The molecule has 9 nitrogen and oxygen atoms in total. The molecule has 0 aliphatic carbocycles. The lowest BCUT2D eigenvalue weighted by atomic mass is 9.99. The topological polar surface area (TPSA) is 129 Å². The summed E-state index contributed by atoms with van der Waals surface area (Å²) in [6, 6.07) is 4.05. The molecule has 23 heavy (non-hydrogen) atoms. The Labute approximate surface area is 130 Å². The summed E-state index contributed by atoms with van der Waals surface area (Å²) in [5.41, 5.74) is -0.966. The molecule has 1 amide bonds. The maximum absolute atomic E-state index is 12.7. The van der Waals surface area contributed by atoms with Crippen LogP contribution in [0.1, 0.15) is 30.3 Å². The molecule has 1 aliphatic heterocycles. The molecule has 120 valence electrons. The zero-order valence-electron chi connectivity index (χ0n) is 12.3. The van der Waals surface area contributed by atoms with Gasteiger partial charge >= 0.3 is 5.97 Å². The van der Waals surface area contributed by atoms with E-state index >= 15 is 0 Å². The van der Waals surface area contributed by atoms with Crippen molar-refractivity contribution in [1.29, 1.82) is 0 Å². The number of non-ortho nitro benzene ring substituents is 1. The summed E-state index contributed by atoms with van der Waals surface area (Å²) >= 11 is 0. The second-order valence-electron chi connectivity index (χ2n) is 5.70. The van der Waals surface area contributed by atoms with Crippen LogP contribution in [-0.2, 0) is 4.79 Å². The van der Waals surface area contributed by atoms with Crippen LogP contribution in [0, 0.1) is 10.1 Å². The zero-order chi connectivity index (χ0) is 16.8. The van der Waals surface area contributed by atoms with Gasteiger partial charge in [0.05, 0.1) is 10.4 Å². The number of nitrogens with one attached hydrogen (secondary N) is 1. The van der Waals surface area contributed by atoms with E-state index in [1.165, 1.54) is 30.0 Å². The third-order valence-electron chi connectivity index (χ3n) is 4.31. The second kappa shape index (κ2) is 5.04. The van der Waals surface area contributed by atoms with Crippen molar-refractivity contribution in [2.45, 2.75) is 25.3 Å². The number of aromatic amines is 1. The maximum Gasteiger partial charge on any atom is 0.329 e. The highest BCUT2D eigenvalue weighted by atomic mass is 16.6. The molecule has 3 rings (SSSR count). The van der Waals surface area contributed by atoms with E-state index in [1.54, 1.807) is 0 Å². The highest BCUT2D eigenvalue weighted by molar-refractivity contribution is 6.06. The molecule has 2 heterocycles. The van der Waals surface area contributed by atoms with Crippen molar-refractivity contribution < 1.29 is 19.6 Å². The van der Waals surface area contributed by atoms with Gasteiger partial charge in [-0.1, -0.05) is 0 Å². The Hall–Kier alpha value is -2.97. The van der Waals surface area contributed by atoms with Crippen molar-refractivity contribution in [3.05, 3.63) is 34.0 Å². The van der Waals surface area contributed by atoms with E-state index < -0.39 is 22.3 Å². The fourth-order valence-corrected chi connectivity index (χ4v) is 2.92. The van der Waals surface area contributed by atoms with E-state index in [1.807, 2.05) is 0 Å². The van der Waals surface area contributed by atoms with Gasteiger partial charge in [0.1, 0.15) is 5.54 Å². The highest BCUT2D eigenvalue weighted by Gasteiger charge is 2.46. The molecule has 0 spiro atoms. The Morgan fingerprint density at radius 2 is 2.22 bits per heavy atom. The summed E-state index contributed by atoms with van der Waals surface area (Å²) < 4.78 is 0. The summed E-state index contributed by atoms with van der Waals surface area (Å²) in [5, 5.41) is 27.2. The number of aliphatic carboxylic acids is 1. The standard InChI is InChI=1S/C14H14N4O5/c1-14(13(20)21)5-2-6-17(14)12(19)11-9-7-8(18(22)23)3-4-10(9)15-16-11/h3-4,7H,2,5-6H2,1H3,(H,15,16)(H,20,21). The van der Waals surface area contributed by atoms with Crippen LogP contribution in [0.4, 0.5) is 5.69 Å². The first-order valence-corrected chi connectivity index (χ1v) is 7.02. The van der Waals surface area contributed by atoms with Gasteiger partial charge in [0, 0.05) is 24.1 Å². The second-order valence-corrected chi connectivity index (χ2v) is 5.70. The number of hydrogen-bond donors (Lipinski definition) is 2. The number of likely N-dealkylation sites (tertiary alicyclic amines) is 1. The van der Waals surface area contributed by atoms with Crippen molar-refractivity contribution in [3.8, 4) is 0 Å². The van der Waals surface area contributed by atoms with E-state index in [0.29, 0.717) is 30.3 Å².